The van der Waals surface area contributed by atoms with E-state index >= 15 is 0 Å². The maximum atomic E-state index is 5.11. The fraction of sp³-hybridized carbons (Fsp3) is 0.769. The Morgan fingerprint density at radius 2 is 1.03 bits per heavy atom. The van der Waals surface area contributed by atoms with E-state index in [-0.39, 0.29) is 15.7 Å². The first-order valence-corrected chi connectivity index (χ1v) is 14.0. The summed E-state index contributed by atoms with van der Waals surface area (Å²) in [6, 6.07) is 4.85. The zero-order valence-corrected chi connectivity index (χ0v) is 22.8. The molecule has 0 saturated heterocycles. The molecule has 0 N–H and O–H groups in total. The molecule has 1 aromatic rings. The highest BCUT2D eigenvalue weighted by Crippen LogP contribution is 2.44. The van der Waals surface area contributed by atoms with E-state index < -0.39 is 0 Å². The van der Waals surface area contributed by atoms with Gasteiger partial charge < -0.3 is 4.90 Å². The number of benzene rings is 1. The van der Waals surface area contributed by atoms with Gasteiger partial charge in [0.2, 0.25) is 0 Å². The highest BCUT2D eigenvalue weighted by atomic mass is 32.1. The first-order chi connectivity index (χ1) is 14.4. The third-order valence-electron chi connectivity index (χ3n) is 5.86. The Kier molecular flexibility index (Phi) is 14.8. The lowest BCUT2D eigenvalue weighted by Gasteiger charge is -2.34. The Labute approximate surface area is 204 Å². The number of anilines is 1. The molecule has 0 aliphatic carbocycles. The first-order valence-electron chi connectivity index (χ1n) is 12.4. The molecule has 1 rings (SSSR count). The normalized spacial score (nSPS) is 14.5. The van der Waals surface area contributed by atoms with Gasteiger partial charge in [-0.15, -0.1) is 0 Å². The van der Waals surface area contributed by atoms with Crippen molar-refractivity contribution in [1.82, 2.24) is 0 Å². The predicted molar refractivity (Wildman–Crippen MR) is 148 cm³/mol. The molecule has 0 aliphatic rings. The van der Waals surface area contributed by atoms with Gasteiger partial charge in [-0.3, -0.25) is 0 Å². The molecule has 0 fully saturated rings. The number of unbranched alkanes of at least 4 members (excludes halogenated alkanes) is 2. The lowest BCUT2D eigenvalue weighted by molar-refractivity contribution is 0.665. The Bertz CT molecular complexity index is 549. The third-order valence-corrected chi connectivity index (χ3v) is 7.49. The van der Waals surface area contributed by atoms with Crippen molar-refractivity contribution in [3.63, 3.8) is 0 Å². The molecule has 0 amide bonds. The molecule has 3 atom stereocenters. The van der Waals surface area contributed by atoms with Crippen LogP contribution < -0.4 is 4.90 Å². The van der Waals surface area contributed by atoms with E-state index in [1.807, 2.05) is 0 Å². The first kappa shape index (κ1) is 28.1. The Morgan fingerprint density at radius 1 is 0.633 bits per heavy atom. The van der Waals surface area contributed by atoms with E-state index in [4.69, 9.17) is 37.9 Å². The molecule has 0 heterocycles. The number of rotatable bonds is 16. The van der Waals surface area contributed by atoms with Gasteiger partial charge in [0.15, 0.2) is 0 Å². The largest absolute Gasteiger partial charge is 0.371 e. The van der Waals surface area contributed by atoms with E-state index in [2.05, 4.69) is 51.7 Å². The summed E-state index contributed by atoms with van der Waals surface area (Å²) in [5, 5.41) is 0.808. The van der Waals surface area contributed by atoms with Crippen LogP contribution in [0.25, 0.3) is 0 Å². The maximum absolute atomic E-state index is 5.11. The fourth-order valence-electron chi connectivity index (χ4n) is 4.10. The summed E-state index contributed by atoms with van der Waals surface area (Å²) in [4.78, 5) is 2.66. The minimum Gasteiger partial charge on any atom is -0.371 e. The molecule has 4 heteroatoms. The van der Waals surface area contributed by atoms with Crippen molar-refractivity contribution in [2.75, 3.05) is 18.0 Å². The molecule has 0 aromatic heterocycles. The van der Waals surface area contributed by atoms with E-state index in [9.17, 15) is 0 Å². The van der Waals surface area contributed by atoms with Gasteiger partial charge in [0, 0.05) is 34.5 Å². The van der Waals surface area contributed by atoms with Gasteiger partial charge in [0.05, 0.1) is 0 Å². The van der Waals surface area contributed by atoms with Crippen LogP contribution in [0, 0.1) is 0 Å². The lowest BCUT2D eigenvalue weighted by atomic mass is 9.92. The Hall–Kier alpha value is 0.0700. The zero-order chi connectivity index (χ0) is 22.5. The SMILES string of the molecule is CCCCN(CCCC)c1c(C(S)CCC)cc(C(S)CCC)cc1C(S)CCC. The van der Waals surface area contributed by atoms with E-state index in [0.717, 1.165) is 51.6 Å². The monoisotopic (exact) mass is 469 g/mol. The molecule has 1 nitrogen and oxygen atoms in total. The molecular weight excluding hydrogens is 422 g/mol. The molecule has 0 spiro atoms. The molecule has 0 aliphatic heterocycles. The second-order valence-electron chi connectivity index (χ2n) is 8.66. The van der Waals surface area contributed by atoms with Gasteiger partial charge in [-0.05, 0) is 48.8 Å². The van der Waals surface area contributed by atoms with Crippen LogP contribution in [0.4, 0.5) is 5.69 Å². The summed E-state index contributed by atoms with van der Waals surface area (Å²) in [6.07, 6.45) is 11.7. The van der Waals surface area contributed by atoms with Crippen LogP contribution in [0.2, 0.25) is 0 Å². The Balaban J connectivity index is 3.66. The molecule has 0 radical (unpaired) electrons. The molecular formula is C26H47NS3. The quantitative estimate of drug-likeness (QED) is 0.203. The molecule has 30 heavy (non-hydrogen) atoms. The van der Waals surface area contributed by atoms with E-state index in [1.165, 1.54) is 48.1 Å². The van der Waals surface area contributed by atoms with Gasteiger partial charge >= 0.3 is 0 Å². The second kappa shape index (κ2) is 15.8. The minimum atomic E-state index is 0.263. The van der Waals surface area contributed by atoms with E-state index in [0.29, 0.717) is 0 Å². The molecule has 0 saturated carbocycles. The van der Waals surface area contributed by atoms with Crippen LogP contribution in [0.15, 0.2) is 12.1 Å². The van der Waals surface area contributed by atoms with Crippen molar-refractivity contribution in [3.05, 3.63) is 28.8 Å². The van der Waals surface area contributed by atoms with Crippen LogP contribution in [0.5, 0.6) is 0 Å². The second-order valence-corrected chi connectivity index (χ2v) is 10.5. The van der Waals surface area contributed by atoms with E-state index in [1.54, 1.807) is 0 Å². The topological polar surface area (TPSA) is 3.24 Å². The summed E-state index contributed by atoms with van der Waals surface area (Å²) in [5.74, 6) is 0. The highest BCUT2D eigenvalue weighted by Gasteiger charge is 2.25. The summed E-state index contributed by atoms with van der Waals surface area (Å²) >= 11 is 15.2. The van der Waals surface area contributed by atoms with Crippen LogP contribution in [-0.4, -0.2) is 13.1 Å². The van der Waals surface area contributed by atoms with Crippen LogP contribution in [0.1, 0.15) is 131 Å². The number of hydrogen-bond donors (Lipinski definition) is 3. The summed E-state index contributed by atoms with van der Waals surface area (Å²) in [7, 11) is 0. The summed E-state index contributed by atoms with van der Waals surface area (Å²) in [5.41, 5.74) is 5.60. The van der Waals surface area contributed by atoms with Crippen molar-refractivity contribution in [1.29, 1.82) is 0 Å². The number of nitrogens with zero attached hydrogens (tertiary/aromatic N) is 1. The molecule has 0 bridgehead atoms. The van der Waals surface area contributed by atoms with Crippen LogP contribution in [0.3, 0.4) is 0 Å². The fourth-order valence-corrected chi connectivity index (χ4v) is 5.42. The summed E-state index contributed by atoms with van der Waals surface area (Å²) < 4.78 is 0. The minimum absolute atomic E-state index is 0.263. The molecule has 3 unspecified atom stereocenters. The Morgan fingerprint density at radius 3 is 1.40 bits per heavy atom. The molecule has 1 aromatic carbocycles. The maximum Gasteiger partial charge on any atom is 0.0454 e. The zero-order valence-electron chi connectivity index (χ0n) is 20.2. The van der Waals surface area contributed by atoms with Gasteiger partial charge in [0.25, 0.3) is 0 Å². The predicted octanol–water partition coefficient (Wildman–Crippen LogP) is 9.41. The summed E-state index contributed by atoms with van der Waals surface area (Å²) in [6.45, 7) is 13.6. The van der Waals surface area contributed by atoms with Gasteiger partial charge in [-0.2, -0.15) is 37.9 Å². The van der Waals surface area contributed by atoms with Crippen molar-refractivity contribution in [2.24, 2.45) is 0 Å². The lowest BCUT2D eigenvalue weighted by Crippen LogP contribution is -2.28. The number of hydrogen-bond acceptors (Lipinski definition) is 4. The molecule has 174 valence electrons. The van der Waals surface area contributed by atoms with Crippen LogP contribution in [-0.2, 0) is 0 Å². The average Bonchev–Trinajstić information content (AvgIpc) is 2.73. The van der Waals surface area contributed by atoms with Gasteiger partial charge in [-0.25, -0.2) is 0 Å². The van der Waals surface area contributed by atoms with Gasteiger partial charge in [-0.1, -0.05) is 78.9 Å². The van der Waals surface area contributed by atoms with Crippen molar-refractivity contribution in [3.8, 4) is 0 Å². The standard InChI is InChI=1S/C26H47NS3/c1-6-11-16-27(17-12-7-2)26-21(24(29)14-9-4)18-20(23(28)13-8-3)19-22(26)25(30)15-10-5/h18-19,23-25,28-30H,6-17H2,1-5H3. The van der Waals surface area contributed by atoms with Gasteiger partial charge in [0.1, 0.15) is 0 Å². The smallest absolute Gasteiger partial charge is 0.0454 e. The third kappa shape index (κ3) is 8.54. The average molecular weight is 470 g/mol. The van der Waals surface area contributed by atoms with Crippen molar-refractivity contribution < 1.29 is 0 Å². The van der Waals surface area contributed by atoms with Crippen LogP contribution >= 0.6 is 37.9 Å². The number of thiol groups is 3. The van der Waals surface area contributed by atoms with Crippen molar-refractivity contribution in [2.45, 2.75) is 115 Å². The highest BCUT2D eigenvalue weighted by molar-refractivity contribution is 7.81. The van der Waals surface area contributed by atoms with Crippen molar-refractivity contribution >= 4 is 43.6 Å².